The molecule has 1 aliphatic rings. The van der Waals surface area contributed by atoms with E-state index in [1.165, 1.54) is 13.8 Å². The number of carbonyl (C=O) groups excluding carboxylic acids is 2. The molecule has 0 aliphatic carbocycles. The lowest BCUT2D eigenvalue weighted by Gasteiger charge is -2.19. The molecule has 25 heavy (non-hydrogen) atoms. The Morgan fingerprint density at radius 1 is 1.24 bits per heavy atom. The van der Waals surface area contributed by atoms with Crippen LogP contribution in [0.5, 0.6) is 0 Å². The molecule has 0 saturated carbocycles. The number of carbonyl (C=O) groups is 2. The van der Waals surface area contributed by atoms with Gasteiger partial charge in [0.05, 0.1) is 31.8 Å². The Kier molecular flexibility index (Phi) is 11.0. The number of hydrogen-bond donors (Lipinski definition) is 2. The van der Waals surface area contributed by atoms with Gasteiger partial charge in [-0.1, -0.05) is 0 Å². The smallest absolute Gasteiger partial charge is 0.347 e. The van der Waals surface area contributed by atoms with Gasteiger partial charge in [-0.15, -0.1) is 12.3 Å². The highest BCUT2D eigenvalue weighted by Crippen LogP contribution is 2.20. The molecular weight excluding hydrogens is 332 g/mol. The average Bonchev–Trinajstić information content (AvgIpc) is 2.94. The summed E-state index contributed by atoms with van der Waals surface area (Å²) in [5, 5.41) is 16.2. The van der Waals surface area contributed by atoms with Crippen molar-refractivity contribution in [2.45, 2.75) is 52.1 Å². The molecule has 0 aromatic rings. The summed E-state index contributed by atoms with van der Waals surface area (Å²) in [5.41, 5.74) is 0. The van der Waals surface area contributed by atoms with E-state index in [1.807, 2.05) is 0 Å². The van der Waals surface area contributed by atoms with Crippen LogP contribution in [0.15, 0.2) is 0 Å². The highest BCUT2D eigenvalue weighted by atomic mass is 16.6. The van der Waals surface area contributed by atoms with E-state index in [1.54, 1.807) is 13.8 Å². The summed E-state index contributed by atoms with van der Waals surface area (Å²) < 4.78 is 20.3. The molecule has 8 nitrogen and oxygen atoms in total. The molecule has 0 aromatic carbocycles. The van der Waals surface area contributed by atoms with Crippen LogP contribution < -0.4 is 0 Å². The second-order valence-corrected chi connectivity index (χ2v) is 5.68. The first-order valence-corrected chi connectivity index (χ1v) is 8.11. The van der Waals surface area contributed by atoms with Crippen LogP contribution in [0.4, 0.5) is 0 Å². The predicted molar refractivity (Wildman–Crippen MR) is 88.2 cm³/mol. The quantitative estimate of drug-likeness (QED) is 0.287. The number of terminal acetylenes is 1. The first-order chi connectivity index (χ1) is 11.6. The van der Waals surface area contributed by atoms with E-state index >= 15 is 0 Å². The van der Waals surface area contributed by atoms with Crippen LogP contribution in [-0.4, -0.2) is 66.6 Å². The lowest BCUT2D eigenvalue weighted by Crippen LogP contribution is -2.38. The summed E-state index contributed by atoms with van der Waals surface area (Å²) in [6, 6.07) is 0. The molecule has 0 bridgehead atoms. The van der Waals surface area contributed by atoms with Gasteiger partial charge < -0.3 is 29.2 Å². The molecule has 1 saturated heterocycles. The predicted octanol–water partition coefficient (Wildman–Crippen LogP) is 0.243. The minimum atomic E-state index is -1.50. The van der Waals surface area contributed by atoms with Gasteiger partial charge in [0.15, 0.2) is 5.79 Å². The maximum atomic E-state index is 11.7. The molecular formula is C17H28O8. The minimum absolute atomic E-state index is 0.0527. The summed E-state index contributed by atoms with van der Waals surface area (Å²) >= 11 is 0. The third-order valence-corrected chi connectivity index (χ3v) is 2.85. The molecule has 2 N–H and O–H groups in total. The van der Waals surface area contributed by atoms with Crippen molar-refractivity contribution in [2.75, 3.05) is 26.4 Å². The van der Waals surface area contributed by atoms with E-state index in [2.05, 4.69) is 5.92 Å². The topological polar surface area (TPSA) is 112 Å². The molecule has 1 rings (SSSR count). The zero-order valence-corrected chi connectivity index (χ0v) is 15.2. The first kappa shape index (κ1) is 23.3. The van der Waals surface area contributed by atoms with Crippen LogP contribution in [0.1, 0.15) is 34.1 Å². The molecule has 0 radical (unpaired) electrons. The SMILES string of the molecule is C#CC1CCOC1COC(C(=O)OCC)C(=O)OCC.CC(C)(O)O. The lowest BCUT2D eigenvalue weighted by molar-refractivity contribution is -0.175. The Morgan fingerprint density at radius 2 is 1.72 bits per heavy atom. The van der Waals surface area contributed by atoms with Crippen LogP contribution in [0.25, 0.3) is 0 Å². The molecule has 2 atom stereocenters. The highest BCUT2D eigenvalue weighted by Gasteiger charge is 2.34. The van der Waals surface area contributed by atoms with E-state index in [0.29, 0.717) is 6.61 Å². The number of esters is 2. The Hall–Kier alpha value is -1.66. The Balaban J connectivity index is 0.00000101. The maximum Gasteiger partial charge on any atom is 0.347 e. The molecule has 2 unspecified atom stereocenters. The van der Waals surface area contributed by atoms with Gasteiger partial charge in [0, 0.05) is 6.61 Å². The van der Waals surface area contributed by atoms with E-state index in [0.717, 1.165) is 6.42 Å². The van der Waals surface area contributed by atoms with Crippen LogP contribution in [0, 0.1) is 18.3 Å². The van der Waals surface area contributed by atoms with Gasteiger partial charge in [-0.2, -0.15) is 0 Å². The van der Waals surface area contributed by atoms with Gasteiger partial charge in [0.25, 0.3) is 6.10 Å². The summed E-state index contributed by atoms with van der Waals surface area (Å²) in [6.07, 6.45) is 4.42. The second kappa shape index (κ2) is 11.8. The standard InChI is InChI=1S/C14H20O6.C3H8O2/c1-4-10-7-8-19-11(10)9-20-12(13(15)17-5-2)14(16)18-6-3;1-3(2,4)5/h1,10-12H,5-9H2,2-3H3;4-5H,1-2H3. The van der Waals surface area contributed by atoms with E-state index in [4.69, 9.17) is 35.6 Å². The fourth-order valence-corrected chi connectivity index (χ4v) is 1.86. The van der Waals surface area contributed by atoms with Gasteiger partial charge in [-0.05, 0) is 34.1 Å². The number of hydrogen-bond acceptors (Lipinski definition) is 8. The lowest BCUT2D eigenvalue weighted by atomic mass is 10.0. The average molecular weight is 360 g/mol. The molecule has 0 spiro atoms. The monoisotopic (exact) mass is 360 g/mol. The van der Waals surface area contributed by atoms with E-state index in [9.17, 15) is 9.59 Å². The molecule has 1 heterocycles. The summed E-state index contributed by atoms with van der Waals surface area (Å²) in [6.45, 7) is 6.81. The van der Waals surface area contributed by atoms with Crippen molar-refractivity contribution < 1.29 is 38.7 Å². The van der Waals surface area contributed by atoms with Crippen molar-refractivity contribution >= 4 is 11.9 Å². The minimum Gasteiger partial charge on any atom is -0.464 e. The maximum absolute atomic E-state index is 11.7. The number of ether oxygens (including phenoxy) is 4. The largest absolute Gasteiger partial charge is 0.464 e. The molecule has 144 valence electrons. The van der Waals surface area contributed by atoms with Crippen molar-refractivity contribution in [1.29, 1.82) is 0 Å². The Bertz CT molecular complexity index is 425. The van der Waals surface area contributed by atoms with Gasteiger partial charge in [-0.25, -0.2) is 9.59 Å². The van der Waals surface area contributed by atoms with Gasteiger partial charge in [-0.3, -0.25) is 0 Å². The Labute approximate surface area is 148 Å². The van der Waals surface area contributed by atoms with Crippen LogP contribution in [0.3, 0.4) is 0 Å². The zero-order chi connectivity index (χ0) is 19.5. The fourth-order valence-electron chi connectivity index (χ4n) is 1.86. The highest BCUT2D eigenvalue weighted by molar-refractivity contribution is 5.98. The van der Waals surface area contributed by atoms with Crippen LogP contribution in [-0.2, 0) is 28.5 Å². The normalized spacial score (nSPS) is 19.6. The molecule has 1 aliphatic heterocycles. The molecule has 0 aromatic heterocycles. The molecule has 0 amide bonds. The van der Waals surface area contributed by atoms with E-state index in [-0.39, 0.29) is 31.8 Å². The second-order valence-electron chi connectivity index (χ2n) is 5.68. The van der Waals surface area contributed by atoms with Crippen LogP contribution in [0.2, 0.25) is 0 Å². The zero-order valence-electron chi connectivity index (χ0n) is 15.2. The fraction of sp³-hybridized carbons (Fsp3) is 0.765. The first-order valence-electron chi connectivity index (χ1n) is 8.11. The summed E-state index contributed by atoms with van der Waals surface area (Å²) in [5.74, 6) is -0.486. The van der Waals surface area contributed by atoms with Gasteiger partial charge >= 0.3 is 11.9 Å². The van der Waals surface area contributed by atoms with Crippen molar-refractivity contribution in [1.82, 2.24) is 0 Å². The number of aliphatic hydroxyl groups is 2. The van der Waals surface area contributed by atoms with Crippen molar-refractivity contribution in [3.63, 3.8) is 0 Å². The third-order valence-electron chi connectivity index (χ3n) is 2.85. The summed E-state index contributed by atoms with van der Waals surface area (Å²) in [4.78, 5) is 23.4. The molecule has 8 heteroatoms. The van der Waals surface area contributed by atoms with Crippen LogP contribution >= 0.6 is 0 Å². The van der Waals surface area contributed by atoms with E-state index < -0.39 is 23.8 Å². The third kappa shape index (κ3) is 10.7. The van der Waals surface area contributed by atoms with Crippen molar-refractivity contribution in [2.24, 2.45) is 5.92 Å². The molecule has 1 fully saturated rings. The Morgan fingerprint density at radius 3 is 2.12 bits per heavy atom. The van der Waals surface area contributed by atoms with Crippen molar-refractivity contribution in [3.05, 3.63) is 0 Å². The van der Waals surface area contributed by atoms with Gasteiger partial charge in [0.1, 0.15) is 0 Å². The number of rotatable bonds is 7. The van der Waals surface area contributed by atoms with Gasteiger partial charge in [0.2, 0.25) is 0 Å². The summed E-state index contributed by atoms with van der Waals surface area (Å²) in [7, 11) is 0. The van der Waals surface area contributed by atoms with Crippen molar-refractivity contribution in [3.8, 4) is 12.3 Å².